The van der Waals surface area contributed by atoms with Gasteiger partial charge in [-0.2, -0.15) is 0 Å². The number of aliphatic hydroxyl groups excluding tert-OH is 1. The molecule has 4 heteroatoms. The molecular weight excluding hydrogens is 501 g/mol. The van der Waals surface area contributed by atoms with Gasteiger partial charge in [-0.1, -0.05) is 76.6 Å². The van der Waals surface area contributed by atoms with Crippen molar-refractivity contribution in [1.29, 1.82) is 0 Å². The van der Waals surface area contributed by atoms with Crippen LogP contribution in [0.5, 0.6) is 0 Å². The van der Waals surface area contributed by atoms with E-state index in [1.165, 1.54) is 0 Å². The van der Waals surface area contributed by atoms with Gasteiger partial charge in [-0.3, -0.25) is 0 Å². The van der Waals surface area contributed by atoms with Crippen molar-refractivity contribution in [3.63, 3.8) is 0 Å². The molecule has 0 aliphatic rings. The SMILES string of the molecule is O[C@@H](c1ccccc1)[C@H](c1ccccc1)c1c[nH]c2c(I)cc(Br)cc12. The summed E-state index contributed by atoms with van der Waals surface area (Å²) in [7, 11) is 0. The van der Waals surface area contributed by atoms with Crippen LogP contribution >= 0.6 is 38.5 Å². The lowest BCUT2D eigenvalue weighted by Crippen LogP contribution is -2.12. The monoisotopic (exact) mass is 517 g/mol. The number of rotatable bonds is 4. The summed E-state index contributed by atoms with van der Waals surface area (Å²) in [5.41, 5.74) is 4.21. The van der Waals surface area contributed by atoms with Crippen molar-refractivity contribution in [2.75, 3.05) is 0 Å². The minimum atomic E-state index is -0.630. The van der Waals surface area contributed by atoms with Gasteiger partial charge in [-0.05, 0) is 51.4 Å². The van der Waals surface area contributed by atoms with Crippen molar-refractivity contribution >= 4 is 49.4 Å². The van der Waals surface area contributed by atoms with Crippen molar-refractivity contribution in [3.05, 3.63) is 104 Å². The summed E-state index contributed by atoms with van der Waals surface area (Å²) in [5, 5.41) is 12.4. The third-order valence-corrected chi connectivity index (χ3v) is 6.00. The van der Waals surface area contributed by atoms with Gasteiger partial charge < -0.3 is 10.1 Å². The largest absolute Gasteiger partial charge is 0.387 e. The Morgan fingerprint density at radius 1 is 0.885 bits per heavy atom. The number of benzene rings is 3. The minimum Gasteiger partial charge on any atom is -0.387 e. The molecule has 0 bridgehead atoms. The summed E-state index contributed by atoms with van der Waals surface area (Å²) in [5.74, 6) is -0.155. The topological polar surface area (TPSA) is 36.0 Å². The number of aromatic nitrogens is 1. The standard InChI is InChI=1S/C22H17BrINO/c23-16-11-17-18(13-25-21(17)19(24)12-16)20(14-7-3-1-4-8-14)22(26)15-9-5-2-6-10-15/h1-13,20,22,25-26H/t20-,22+/m1/s1. The van der Waals surface area contributed by atoms with Crippen LogP contribution < -0.4 is 0 Å². The molecule has 0 radical (unpaired) electrons. The zero-order valence-electron chi connectivity index (χ0n) is 13.9. The Morgan fingerprint density at radius 3 is 2.15 bits per heavy atom. The van der Waals surface area contributed by atoms with E-state index in [1.807, 2.05) is 54.7 Å². The molecule has 0 unspecified atom stereocenters. The van der Waals surface area contributed by atoms with Crippen molar-refractivity contribution in [2.24, 2.45) is 0 Å². The first-order valence-corrected chi connectivity index (χ1v) is 10.3. The van der Waals surface area contributed by atoms with Gasteiger partial charge >= 0.3 is 0 Å². The number of nitrogens with one attached hydrogen (secondary N) is 1. The van der Waals surface area contributed by atoms with Gasteiger partial charge in [-0.25, -0.2) is 0 Å². The number of H-pyrrole nitrogens is 1. The van der Waals surface area contributed by atoms with Crippen LogP contribution in [0.3, 0.4) is 0 Å². The summed E-state index contributed by atoms with van der Waals surface area (Å²) in [4.78, 5) is 3.40. The molecule has 0 saturated carbocycles. The van der Waals surface area contributed by atoms with E-state index < -0.39 is 6.10 Å². The highest BCUT2D eigenvalue weighted by Crippen LogP contribution is 2.41. The Morgan fingerprint density at radius 2 is 1.50 bits per heavy atom. The molecule has 1 heterocycles. The second-order valence-electron chi connectivity index (χ2n) is 6.30. The molecule has 1 aromatic heterocycles. The summed E-state index contributed by atoms with van der Waals surface area (Å²) in [6.07, 6.45) is 1.40. The van der Waals surface area contributed by atoms with Crippen LogP contribution in [0.1, 0.15) is 28.7 Å². The van der Waals surface area contributed by atoms with Crippen molar-refractivity contribution in [3.8, 4) is 0 Å². The molecule has 0 spiro atoms. The average Bonchev–Trinajstić information content (AvgIpc) is 3.07. The second-order valence-corrected chi connectivity index (χ2v) is 8.38. The predicted octanol–water partition coefficient (Wildman–Crippen LogP) is 6.40. The van der Waals surface area contributed by atoms with Gasteiger partial charge in [0.05, 0.1) is 11.6 Å². The molecule has 2 nitrogen and oxygen atoms in total. The van der Waals surface area contributed by atoms with Crippen LogP contribution in [-0.4, -0.2) is 10.1 Å². The summed E-state index contributed by atoms with van der Waals surface area (Å²) in [6, 6.07) is 24.3. The second kappa shape index (κ2) is 7.55. The molecule has 0 saturated heterocycles. The number of hydrogen-bond acceptors (Lipinski definition) is 1. The highest BCUT2D eigenvalue weighted by atomic mass is 127. The van der Waals surface area contributed by atoms with E-state index in [1.54, 1.807) is 0 Å². The number of aliphatic hydroxyl groups is 1. The number of aromatic amines is 1. The molecule has 0 aliphatic heterocycles. The maximum absolute atomic E-state index is 11.3. The van der Waals surface area contributed by atoms with Crippen LogP contribution in [0.15, 0.2) is 83.5 Å². The van der Waals surface area contributed by atoms with Crippen LogP contribution in [0, 0.1) is 3.57 Å². The zero-order valence-corrected chi connectivity index (χ0v) is 17.6. The maximum atomic E-state index is 11.3. The van der Waals surface area contributed by atoms with Crippen molar-refractivity contribution in [2.45, 2.75) is 12.0 Å². The van der Waals surface area contributed by atoms with Crippen LogP contribution in [0.25, 0.3) is 10.9 Å². The van der Waals surface area contributed by atoms with Crippen molar-refractivity contribution in [1.82, 2.24) is 4.98 Å². The molecule has 2 atom stereocenters. The third-order valence-electron chi connectivity index (χ3n) is 4.69. The summed E-state index contributed by atoms with van der Waals surface area (Å²) >= 11 is 5.95. The smallest absolute Gasteiger partial charge is 0.0899 e. The summed E-state index contributed by atoms with van der Waals surface area (Å²) < 4.78 is 2.19. The quantitative estimate of drug-likeness (QED) is 0.302. The van der Waals surface area contributed by atoms with Gasteiger partial charge in [0.2, 0.25) is 0 Å². The maximum Gasteiger partial charge on any atom is 0.0899 e. The number of halogens is 2. The molecule has 0 fully saturated rings. The van der Waals surface area contributed by atoms with Gasteiger partial charge in [0.1, 0.15) is 0 Å². The number of hydrogen-bond donors (Lipinski definition) is 2. The molecule has 130 valence electrons. The first kappa shape index (κ1) is 17.8. The van der Waals surface area contributed by atoms with Gasteiger partial charge in [0.15, 0.2) is 0 Å². The fraction of sp³-hybridized carbons (Fsp3) is 0.0909. The Balaban J connectivity index is 1.92. The van der Waals surface area contributed by atoms with E-state index in [2.05, 4.69) is 67.8 Å². The molecule has 4 rings (SSSR count). The van der Waals surface area contributed by atoms with E-state index in [4.69, 9.17) is 0 Å². The Labute approximate surface area is 174 Å². The van der Waals surface area contributed by atoms with Gasteiger partial charge in [0.25, 0.3) is 0 Å². The van der Waals surface area contributed by atoms with E-state index in [9.17, 15) is 5.11 Å². The molecular formula is C22H17BrINO. The fourth-order valence-electron chi connectivity index (χ4n) is 3.47. The predicted molar refractivity (Wildman–Crippen MR) is 118 cm³/mol. The molecule has 26 heavy (non-hydrogen) atoms. The Hall–Kier alpha value is -1.63. The van der Waals surface area contributed by atoms with E-state index >= 15 is 0 Å². The summed E-state index contributed by atoms with van der Waals surface area (Å²) in [6.45, 7) is 0. The molecule has 2 N–H and O–H groups in total. The normalized spacial score (nSPS) is 13.7. The lowest BCUT2D eigenvalue weighted by atomic mass is 9.83. The molecule has 3 aromatic carbocycles. The molecule has 0 amide bonds. The Bertz CT molecular complexity index is 1030. The Kier molecular flexibility index (Phi) is 5.16. The average molecular weight is 518 g/mol. The lowest BCUT2D eigenvalue weighted by Gasteiger charge is -2.24. The highest BCUT2D eigenvalue weighted by molar-refractivity contribution is 14.1. The molecule has 4 aromatic rings. The first-order valence-electron chi connectivity index (χ1n) is 8.39. The van der Waals surface area contributed by atoms with Crippen LogP contribution in [0.4, 0.5) is 0 Å². The third kappa shape index (κ3) is 3.33. The van der Waals surface area contributed by atoms with E-state index in [-0.39, 0.29) is 5.92 Å². The lowest BCUT2D eigenvalue weighted by molar-refractivity contribution is 0.159. The first-order chi connectivity index (χ1) is 12.6. The minimum absolute atomic E-state index is 0.155. The van der Waals surface area contributed by atoms with Crippen LogP contribution in [-0.2, 0) is 0 Å². The van der Waals surface area contributed by atoms with E-state index in [0.29, 0.717) is 0 Å². The van der Waals surface area contributed by atoms with E-state index in [0.717, 1.165) is 35.6 Å². The van der Waals surface area contributed by atoms with Gasteiger partial charge in [-0.15, -0.1) is 0 Å². The fourth-order valence-corrected chi connectivity index (χ4v) is 5.14. The van der Waals surface area contributed by atoms with Gasteiger partial charge in [0, 0.05) is 25.5 Å². The molecule has 0 aliphatic carbocycles. The highest BCUT2D eigenvalue weighted by Gasteiger charge is 2.27. The van der Waals surface area contributed by atoms with Crippen LogP contribution in [0.2, 0.25) is 0 Å². The van der Waals surface area contributed by atoms with Crippen molar-refractivity contribution < 1.29 is 5.11 Å². The number of fused-ring (bicyclic) bond motifs is 1. The zero-order chi connectivity index (χ0) is 18.1.